The molecule has 1 fully saturated rings. The third-order valence-corrected chi connectivity index (χ3v) is 5.92. The fourth-order valence-electron chi connectivity index (χ4n) is 2.76. The van der Waals surface area contributed by atoms with Gasteiger partial charge in [0.1, 0.15) is 5.75 Å². The Kier molecular flexibility index (Phi) is 6.08. The first-order chi connectivity index (χ1) is 10.1. The monoisotopic (exact) mass is 418 g/mol. The first kappa shape index (κ1) is 16.8. The molecule has 0 unspecified atom stereocenters. The molecule has 0 radical (unpaired) electrons. The Labute approximate surface area is 142 Å². The quantitative estimate of drug-likeness (QED) is 0.794. The van der Waals surface area contributed by atoms with Crippen LogP contribution in [0.25, 0.3) is 0 Å². The average Bonchev–Trinajstić information content (AvgIpc) is 2.94. The lowest BCUT2D eigenvalue weighted by Gasteiger charge is -2.23. The molecule has 0 aromatic heterocycles. The van der Waals surface area contributed by atoms with Gasteiger partial charge in [0.2, 0.25) is 0 Å². The van der Waals surface area contributed by atoms with Crippen LogP contribution in [0, 0.1) is 0 Å². The zero-order chi connectivity index (χ0) is 15.4. The first-order valence-electron chi connectivity index (χ1n) is 7.12. The maximum Gasteiger partial charge on any atom is 0.256 e. The van der Waals surface area contributed by atoms with Crippen LogP contribution in [0.1, 0.15) is 30.1 Å². The Morgan fingerprint density at radius 2 is 2.24 bits per heavy atom. The van der Waals surface area contributed by atoms with Crippen LogP contribution in [0.2, 0.25) is 0 Å². The van der Waals surface area contributed by atoms with E-state index >= 15 is 0 Å². The third-order valence-electron chi connectivity index (χ3n) is 3.91. The van der Waals surface area contributed by atoms with Gasteiger partial charge in [0.25, 0.3) is 5.91 Å². The van der Waals surface area contributed by atoms with Gasteiger partial charge < -0.3 is 10.1 Å². The predicted octanol–water partition coefficient (Wildman–Crippen LogP) is 3.43. The Bertz CT molecular complexity index is 523. The minimum Gasteiger partial charge on any atom is -0.496 e. The molecule has 1 aliphatic rings. The van der Waals surface area contributed by atoms with E-state index in [9.17, 15) is 4.79 Å². The second-order valence-corrected chi connectivity index (χ2v) is 6.72. The number of carbonyl (C=O) groups is 1. The molecule has 1 heterocycles. The van der Waals surface area contributed by atoms with Gasteiger partial charge in [-0.25, -0.2) is 0 Å². The van der Waals surface area contributed by atoms with Gasteiger partial charge in [-0.1, -0.05) is 6.92 Å². The van der Waals surface area contributed by atoms with Gasteiger partial charge >= 0.3 is 0 Å². The number of carbonyl (C=O) groups excluding carboxylic acids is 1. The number of likely N-dealkylation sites (N-methyl/N-ethyl adjacent to an activating group) is 1. The minimum absolute atomic E-state index is 0.108. The summed E-state index contributed by atoms with van der Waals surface area (Å²) in [4.78, 5) is 14.9. The molecule has 1 aromatic carbocycles. The van der Waals surface area contributed by atoms with Gasteiger partial charge in [-0.3, -0.25) is 9.69 Å². The van der Waals surface area contributed by atoms with Crippen LogP contribution in [0.4, 0.5) is 0 Å². The van der Waals surface area contributed by atoms with Crippen LogP contribution in [0.3, 0.4) is 0 Å². The Hall–Kier alpha value is -0.590. The topological polar surface area (TPSA) is 41.6 Å². The summed E-state index contributed by atoms with van der Waals surface area (Å²) in [5.41, 5.74) is 0.535. The van der Waals surface area contributed by atoms with E-state index in [1.807, 2.05) is 6.07 Å². The van der Waals surface area contributed by atoms with Crippen LogP contribution >= 0.6 is 31.9 Å². The average molecular weight is 420 g/mol. The van der Waals surface area contributed by atoms with E-state index in [2.05, 4.69) is 49.0 Å². The summed E-state index contributed by atoms with van der Waals surface area (Å²) in [6.45, 7) is 4.99. The largest absolute Gasteiger partial charge is 0.496 e. The Morgan fingerprint density at radius 3 is 2.90 bits per heavy atom. The lowest BCUT2D eigenvalue weighted by atomic mass is 10.1. The molecule has 1 aromatic rings. The summed E-state index contributed by atoms with van der Waals surface area (Å²) < 4.78 is 6.85. The van der Waals surface area contributed by atoms with Crippen molar-refractivity contribution in [2.24, 2.45) is 0 Å². The molecule has 1 N–H and O–H groups in total. The number of amides is 1. The van der Waals surface area contributed by atoms with Crippen LogP contribution in [0.15, 0.2) is 21.1 Å². The standard InChI is InChI=1S/C15H20Br2N2O2/c1-3-19-8-4-5-10(19)9-18-15(20)13-12(21-2)7-6-11(16)14(13)17/h6-7,10H,3-5,8-9H2,1-2H3,(H,18,20)/t10-/m0/s1. The highest BCUT2D eigenvalue weighted by molar-refractivity contribution is 9.13. The highest BCUT2D eigenvalue weighted by Gasteiger charge is 2.25. The number of rotatable bonds is 5. The van der Waals surface area contributed by atoms with Crippen molar-refractivity contribution in [3.63, 3.8) is 0 Å². The van der Waals surface area contributed by atoms with Crippen molar-refractivity contribution in [3.8, 4) is 5.75 Å². The number of halogens is 2. The SMILES string of the molecule is CCN1CCC[C@H]1CNC(=O)c1c(OC)ccc(Br)c1Br. The van der Waals surface area contributed by atoms with E-state index in [0.29, 0.717) is 23.9 Å². The summed E-state index contributed by atoms with van der Waals surface area (Å²) in [5, 5.41) is 3.04. The number of hydrogen-bond acceptors (Lipinski definition) is 3. The molecule has 0 saturated carbocycles. The van der Waals surface area contributed by atoms with Crippen LogP contribution in [0.5, 0.6) is 5.75 Å². The highest BCUT2D eigenvalue weighted by atomic mass is 79.9. The van der Waals surface area contributed by atoms with Crippen molar-refractivity contribution in [1.29, 1.82) is 0 Å². The lowest BCUT2D eigenvalue weighted by molar-refractivity contribution is 0.0937. The number of likely N-dealkylation sites (tertiary alicyclic amines) is 1. The fraction of sp³-hybridized carbons (Fsp3) is 0.533. The maximum absolute atomic E-state index is 12.5. The van der Waals surface area contributed by atoms with Gasteiger partial charge in [0.15, 0.2) is 0 Å². The van der Waals surface area contributed by atoms with E-state index in [-0.39, 0.29) is 5.91 Å². The molecule has 1 amide bonds. The molecule has 6 heteroatoms. The second-order valence-electron chi connectivity index (χ2n) is 5.07. The molecule has 0 bridgehead atoms. The number of benzene rings is 1. The molecule has 0 spiro atoms. The number of nitrogens with one attached hydrogen (secondary N) is 1. The number of methoxy groups -OCH3 is 1. The first-order valence-corrected chi connectivity index (χ1v) is 8.71. The minimum atomic E-state index is -0.108. The normalized spacial score (nSPS) is 18.8. The molecule has 1 atom stereocenters. The van der Waals surface area contributed by atoms with Gasteiger partial charge in [0.05, 0.1) is 12.7 Å². The number of nitrogens with zero attached hydrogens (tertiary/aromatic N) is 1. The highest BCUT2D eigenvalue weighted by Crippen LogP contribution is 2.33. The molecule has 116 valence electrons. The summed E-state index contributed by atoms with van der Waals surface area (Å²) in [6.07, 6.45) is 2.35. The third kappa shape index (κ3) is 3.79. The summed E-state index contributed by atoms with van der Waals surface area (Å²) >= 11 is 6.88. The molecule has 1 saturated heterocycles. The molecule has 1 aliphatic heterocycles. The van der Waals surface area contributed by atoms with Crippen LogP contribution < -0.4 is 10.1 Å². The van der Waals surface area contributed by atoms with Gasteiger partial charge in [-0.05, 0) is 69.9 Å². The van der Waals surface area contributed by atoms with Gasteiger partial charge in [-0.2, -0.15) is 0 Å². The molecule has 0 aliphatic carbocycles. The predicted molar refractivity (Wildman–Crippen MR) is 91.0 cm³/mol. The summed E-state index contributed by atoms with van der Waals surface area (Å²) in [7, 11) is 1.57. The lowest BCUT2D eigenvalue weighted by Crippen LogP contribution is -2.40. The van der Waals surface area contributed by atoms with E-state index in [1.54, 1.807) is 13.2 Å². The molecule has 21 heavy (non-hydrogen) atoms. The van der Waals surface area contributed by atoms with E-state index in [0.717, 1.165) is 28.5 Å². The summed E-state index contributed by atoms with van der Waals surface area (Å²) in [5.74, 6) is 0.462. The Morgan fingerprint density at radius 1 is 1.48 bits per heavy atom. The zero-order valence-electron chi connectivity index (χ0n) is 12.3. The van der Waals surface area contributed by atoms with Crippen molar-refractivity contribution >= 4 is 37.8 Å². The maximum atomic E-state index is 12.5. The Balaban J connectivity index is 2.08. The molecule has 4 nitrogen and oxygen atoms in total. The van der Waals surface area contributed by atoms with Gasteiger partial charge in [0, 0.05) is 21.5 Å². The van der Waals surface area contributed by atoms with Crippen molar-refractivity contribution in [3.05, 3.63) is 26.6 Å². The molecular weight excluding hydrogens is 400 g/mol. The van der Waals surface area contributed by atoms with Gasteiger partial charge in [-0.15, -0.1) is 0 Å². The summed E-state index contributed by atoms with van der Waals surface area (Å²) in [6, 6.07) is 4.09. The van der Waals surface area contributed by atoms with Crippen molar-refractivity contribution in [1.82, 2.24) is 10.2 Å². The van der Waals surface area contributed by atoms with Crippen LogP contribution in [-0.4, -0.2) is 43.6 Å². The van der Waals surface area contributed by atoms with E-state index < -0.39 is 0 Å². The number of ether oxygens (including phenoxy) is 1. The second kappa shape index (κ2) is 7.61. The van der Waals surface area contributed by atoms with Crippen LogP contribution in [-0.2, 0) is 0 Å². The smallest absolute Gasteiger partial charge is 0.256 e. The zero-order valence-corrected chi connectivity index (χ0v) is 15.5. The van der Waals surface area contributed by atoms with Crippen molar-refractivity contribution < 1.29 is 9.53 Å². The fourth-order valence-corrected chi connectivity index (χ4v) is 3.59. The van der Waals surface area contributed by atoms with Crippen molar-refractivity contribution in [2.45, 2.75) is 25.8 Å². The van der Waals surface area contributed by atoms with E-state index in [4.69, 9.17) is 4.74 Å². The van der Waals surface area contributed by atoms with E-state index in [1.165, 1.54) is 6.42 Å². The van der Waals surface area contributed by atoms with Crippen molar-refractivity contribution in [2.75, 3.05) is 26.7 Å². The molecule has 2 rings (SSSR count). The molecular formula is C15H20Br2N2O2. The number of hydrogen-bond donors (Lipinski definition) is 1.